The van der Waals surface area contributed by atoms with Gasteiger partial charge in [0.1, 0.15) is 0 Å². The van der Waals surface area contributed by atoms with Crippen molar-refractivity contribution in [1.82, 2.24) is 9.88 Å². The van der Waals surface area contributed by atoms with Gasteiger partial charge in [-0.2, -0.15) is 0 Å². The third kappa shape index (κ3) is 10.4. The zero-order valence-corrected chi connectivity index (χ0v) is 18.5. The van der Waals surface area contributed by atoms with Crippen LogP contribution in [-0.2, 0) is 6.42 Å². The van der Waals surface area contributed by atoms with E-state index in [1.807, 2.05) is 0 Å². The molecule has 166 valence electrons. The Kier molecular flexibility index (Phi) is 13.1. The summed E-state index contributed by atoms with van der Waals surface area (Å²) in [5, 5.41) is 0. The third-order valence-electron chi connectivity index (χ3n) is 5.72. The third-order valence-corrected chi connectivity index (χ3v) is 5.72. The van der Waals surface area contributed by atoms with Crippen LogP contribution in [0.4, 0.5) is 0 Å². The summed E-state index contributed by atoms with van der Waals surface area (Å²) in [5.74, 6) is -0.431. The number of amides is 1. The molecular formula is C22H40ClN5O. The molecule has 1 aromatic heterocycles. The fourth-order valence-corrected chi connectivity index (χ4v) is 4.04. The molecule has 0 spiro atoms. The highest BCUT2D eigenvalue weighted by Gasteiger charge is 2.17. The van der Waals surface area contributed by atoms with E-state index >= 15 is 0 Å². The molecule has 7 heteroatoms. The van der Waals surface area contributed by atoms with Crippen LogP contribution >= 0.6 is 12.4 Å². The van der Waals surface area contributed by atoms with E-state index in [1.54, 1.807) is 18.3 Å². The van der Waals surface area contributed by atoms with Gasteiger partial charge < -0.3 is 22.1 Å². The monoisotopic (exact) mass is 425 g/mol. The van der Waals surface area contributed by atoms with Crippen molar-refractivity contribution in [1.29, 1.82) is 0 Å². The summed E-state index contributed by atoms with van der Waals surface area (Å²) in [6.45, 7) is 3.50. The normalized spacial score (nSPS) is 17.8. The van der Waals surface area contributed by atoms with Crippen LogP contribution in [0.1, 0.15) is 80.3 Å². The topological polar surface area (TPSA) is 111 Å². The van der Waals surface area contributed by atoms with Gasteiger partial charge in [0.15, 0.2) is 0 Å². The molecule has 1 fully saturated rings. The van der Waals surface area contributed by atoms with E-state index in [0.717, 1.165) is 31.5 Å². The van der Waals surface area contributed by atoms with Crippen LogP contribution < -0.4 is 17.2 Å². The summed E-state index contributed by atoms with van der Waals surface area (Å²) in [6, 6.07) is 3.89. The van der Waals surface area contributed by atoms with Crippen molar-refractivity contribution in [3.8, 4) is 0 Å². The van der Waals surface area contributed by atoms with E-state index in [4.69, 9.17) is 17.2 Å². The van der Waals surface area contributed by atoms with E-state index in [9.17, 15) is 4.79 Å². The molecule has 1 aliphatic heterocycles. The van der Waals surface area contributed by atoms with Gasteiger partial charge in [-0.15, -0.1) is 12.4 Å². The maximum Gasteiger partial charge on any atom is 0.250 e. The molecule has 2 atom stereocenters. The average molecular weight is 426 g/mol. The van der Waals surface area contributed by atoms with Crippen LogP contribution in [0.25, 0.3) is 0 Å². The van der Waals surface area contributed by atoms with Crippen LogP contribution in [0.5, 0.6) is 0 Å². The fourth-order valence-electron chi connectivity index (χ4n) is 4.04. The van der Waals surface area contributed by atoms with E-state index in [2.05, 4.69) is 9.88 Å². The lowest BCUT2D eigenvalue weighted by molar-refractivity contribution is 0.0999. The Hall–Kier alpha value is -1.21. The largest absolute Gasteiger partial charge is 0.366 e. The Labute approximate surface area is 182 Å². The number of hydrogen-bond donors (Lipinski definition) is 3. The average Bonchev–Trinajstić information content (AvgIpc) is 3.08. The van der Waals surface area contributed by atoms with Crippen LogP contribution in [0.2, 0.25) is 0 Å². The molecule has 0 unspecified atom stereocenters. The maximum absolute atomic E-state index is 11.4. The van der Waals surface area contributed by atoms with Gasteiger partial charge in [0.25, 0.3) is 5.91 Å². The number of aromatic nitrogens is 1. The minimum absolute atomic E-state index is 0. The molecule has 2 rings (SSSR count). The quantitative estimate of drug-likeness (QED) is 0.396. The predicted molar refractivity (Wildman–Crippen MR) is 122 cm³/mol. The SMILES string of the molecule is Cl.NC(=O)c1cccnc1C[C@@H](N)CCCCCCCCCCN1CC[C@H](N)C1. The number of unbranched alkanes of at least 4 members (excludes halogenated alkanes) is 7. The molecule has 29 heavy (non-hydrogen) atoms. The van der Waals surface area contributed by atoms with Crippen LogP contribution in [0, 0.1) is 0 Å². The highest BCUT2D eigenvalue weighted by Crippen LogP contribution is 2.14. The molecule has 1 aromatic rings. The van der Waals surface area contributed by atoms with Crippen LogP contribution in [0.15, 0.2) is 18.3 Å². The first-order valence-electron chi connectivity index (χ1n) is 11.0. The first kappa shape index (κ1) is 25.8. The number of rotatable bonds is 14. The van der Waals surface area contributed by atoms with Crippen LogP contribution in [-0.4, -0.2) is 47.5 Å². The van der Waals surface area contributed by atoms with E-state index in [0.29, 0.717) is 18.0 Å². The summed E-state index contributed by atoms with van der Waals surface area (Å²) in [5.41, 5.74) is 18.8. The Balaban J connectivity index is 0.00000420. The molecule has 0 bridgehead atoms. The van der Waals surface area contributed by atoms with Crippen molar-refractivity contribution >= 4 is 18.3 Å². The van der Waals surface area contributed by atoms with Crippen molar-refractivity contribution in [2.45, 2.75) is 82.7 Å². The van der Waals surface area contributed by atoms with Gasteiger partial charge >= 0.3 is 0 Å². The number of carbonyl (C=O) groups excluding carboxylic acids is 1. The number of hydrogen-bond acceptors (Lipinski definition) is 5. The van der Waals surface area contributed by atoms with Crippen molar-refractivity contribution in [2.75, 3.05) is 19.6 Å². The second-order valence-corrected chi connectivity index (χ2v) is 8.29. The Morgan fingerprint density at radius 2 is 1.79 bits per heavy atom. The first-order valence-corrected chi connectivity index (χ1v) is 11.0. The lowest BCUT2D eigenvalue weighted by Gasteiger charge is -2.14. The molecule has 0 aromatic carbocycles. The van der Waals surface area contributed by atoms with Crippen LogP contribution in [0.3, 0.4) is 0 Å². The molecule has 0 radical (unpaired) electrons. The second kappa shape index (κ2) is 14.7. The minimum atomic E-state index is -0.431. The van der Waals surface area contributed by atoms with Gasteiger partial charge in [-0.25, -0.2) is 0 Å². The van der Waals surface area contributed by atoms with Gasteiger partial charge in [0.2, 0.25) is 0 Å². The summed E-state index contributed by atoms with van der Waals surface area (Å²) >= 11 is 0. The minimum Gasteiger partial charge on any atom is -0.366 e. The number of pyridine rings is 1. The fraction of sp³-hybridized carbons (Fsp3) is 0.727. The summed E-state index contributed by atoms with van der Waals surface area (Å²) in [4.78, 5) is 18.2. The van der Waals surface area contributed by atoms with Gasteiger partial charge in [0, 0.05) is 31.2 Å². The maximum atomic E-state index is 11.4. The van der Waals surface area contributed by atoms with Crippen molar-refractivity contribution in [3.63, 3.8) is 0 Å². The van der Waals surface area contributed by atoms with Gasteiger partial charge in [0.05, 0.1) is 11.3 Å². The molecule has 2 heterocycles. The molecule has 6 nitrogen and oxygen atoms in total. The van der Waals surface area contributed by atoms with Crippen molar-refractivity contribution < 1.29 is 4.79 Å². The van der Waals surface area contributed by atoms with Gasteiger partial charge in [-0.1, -0.05) is 44.9 Å². The summed E-state index contributed by atoms with van der Waals surface area (Å²) in [7, 11) is 0. The number of primary amides is 1. The zero-order valence-electron chi connectivity index (χ0n) is 17.7. The van der Waals surface area contributed by atoms with E-state index in [-0.39, 0.29) is 18.4 Å². The molecule has 1 saturated heterocycles. The molecule has 1 amide bonds. The van der Waals surface area contributed by atoms with Gasteiger partial charge in [-0.05, 0) is 44.5 Å². The van der Waals surface area contributed by atoms with E-state index in [1.165, 1.54) is 58.0 Å². The highest BCUT2D eigenvalue weighted by atomic mass is 35.5. The summed E-state index contributed by atoms with van der Waals surface area (Å²) < 4.78 is 0. The Morgan fingerprint density at radius 1 is 1.14 bits per heavy atom. The smallest absolute Gasteiger partial charge is 0.250 e. The summed E-state index contributed by atoms with van der Waals surface area (Å²) in [6.07, 6.45) is 14.7. The standard InChI is InChI=1S/C22H39N5O.ClH/c23-18(16-21-20(22(25)28)11-9-13-26-21)10-7-5-3-1-2-4-6-8-14-27-15-12-19(24)17-27;/h9,11,13,18-19H,1-8,10,12,14-17,23-24H2,(H2,25,28);1H/t18-,19-;/m0./s1. The number of likely N-dealkylation sites (tertiary alicyclic amines) is 1. The van der Waals surface area contributed by atoms with Gasteiger partial charge in [-0.3, -0.25) is 9.78 Å². The number of halogens is 1. The lowest BCUT2D eigenvalue weighted by atomic mass is 10.00. The molecule has 1 aliphatic rings. The number of carbonyl (C=O) groups is 1. The molecular weight excluding hydrogens is 386 g/mol. The predicted octanol–water partition coefficient (Wildman–Crippen LogP) is 3.02. The number of nitrogens with zero attached hydrogens (tertiary/aromatic N) is 2. The molecule has 6 N–H and O–H groups in total. The Morgan fingerprint density at radius 3 is 2.41 bits per heavy atom. The van der Waals surface area contributed by atoms with Crippen molar-refractivity contribution in [3.05, 3.63) is 29.6 Å². The first-order chi connectivity index (χ1) is 13.6. The lowest BCUT2D eigenvalue weighted by Crippen LogP contribution is -2.27. The molecule has 0 aliphatic carbocycles. The van der Waals surface area contributed by atoms with E-state index < -0.39 is 5.91 Å². The number of nitrogens with two attached hydrogens (primary N) is 3. The Bertz CT molecular complexity index is 586. The highest BCUT2D eigenvalue weighted by molar-refractivity contribution is 5.93. The van der Waals surface area contributed by atoms with Crippen molar-refractivity contribution in [2.24, 2.45) is 17.2 Å². The molecule has 0 saturated carbocycles. The second-order valence-electron chi connectivity index (χ2n) is 8.29. The zero-order chi connectivity index (χ0) is 20.2.